The molecule has 1 aliphatic rings. The summed E-state index contributed by atoms with van der Waals surface area (Å²) in [4.78, 5) is 13.8. The molecule has 0 bridgehead atoms. The minimum atomic E-state index is -4.87. The minimum Gasteiger partial charge on any atom is -0.331 e. The summed E-state index contributed by atoms with van der Waals surface area (Å²) in [5, 5.41) is 3.01. The first-order valence-corrected chi connectivity index (χ1v) is 8.55. The molecule has 1 aliphatic carbocycles. The first-order chi connectivity index (χ1) is 13.0. The maximum absolute atomic E-state index is 14.4. The first-order valence-electron chi connectivity index (χ1n) is 8.17. The number of aryl methyl sites for hydroxylation is 1. The van der Waals surface area contributed by atoms with Gasteiger partial charge >= 0.3 is 6.18 Å². The highest BCUT2D eigenvalue weighted by atomic mass is 35.5. The number of carbonyl (C=O) groups is 1. The summed E-state index contributed by atoms with van der Waals surface area (Å²) in [6.07, 6.45) is -5.91. The zero-order chi connectivity index (χ0) is 20.8. The highest BCUT2D eigenvalue weighted by molar-refractivity contribution is 6.30. The summed E-state index contributed by atoms with van der Waals surface area (Å²) < 4.78 is 81.7. The van der Waals surface area contributed by atoms with E-state index in [9.17, 15) is 31.1 Å². The Kier molecular flexibility index (Phi) is 5.35. The van der Waals surface area contributed by atoms with Gasteiger partial charge in [-0.3, -0.25) is 9.48 Å². The van der Waals surface area contributed by atoms with Crippen LogP contribution < -0.4 is 0 Å². The number of alkyl halides is 5. The number of carbonyl (C=O) groups excluding carboxylic acids is 1. The van der Waals surface area contributed by atoms with Gasteiger partial charge in [-0.25, -0.2) is 13.2 Å². The average molecular weight is 426 g/mol. The van der Waals surface area contributed by atoms with Crippen LogP contribution in [0.1, 0.15) is 46.4 Å². The second kappa shape index (κ2) is 7.31. The van der Waals surface area contributed by atoms with E-state index in [0.29, 0.717) is 18.9 Å². The van der Waals surface area contributed by atoms with Crippen molar-refractivity contribution in [1.29, 1.82) is 0 Å². The molecular weight excluding hydrogens is 412 g/mol. The standard InChI is InChI=1S/C17H14ClF6N3O/c1-26-6-10(14(25-26)15(20)21)16(28)27(8-2-3-8)7-9-11(17(22,23)24)4-5-12(18)13(9)19/h4-6,8,15H,2-3,7H2,1H3. The predicted molar refractivity (Wildman–Crippen MR) is 87.5 cm³/mol. The Labute approximate surface area is 160 Å². The van der Waals surface area contributed by atoms with Crippen molar-refractivity contribution in [3.05, 3.63) is 51.6 Å². The number of hydrogen-bond donors (Lipinski definition) is 0. The monoisotopic (exact) mass is 425 g/mol. The fourth-order valence-electron chi connectivity index (χ4n) is 2.92. The van der Waals surface area contributed by atoms with Crippen LogP contribution in [0, 0.1) is 5.82 Å². The summed E-state index contributed by atoms with van der Waals surface area (Å²) in [6, 6.07) is 0.936. The van der Waals surface area contributed by atoms with Gasteiger partial charge in [0.25, 0.3) is 12.3 Å². The summed E-state index contributed by atoms with van der Waals surface area (Å²) in [5.41, 5.74) is -3.28. The fourth-order valence-corrected chi connectivity index (χ4v) is 3.10. The Bertz CT molecular complexity index is 907. The Morgan fingerprint density at radius 2 is 2.00 bits per heavy atom. The average Bonchev–Trinajstić information content (AvgIpc) is 3.35. The third kappa shape index (κ3) is 3.96. The molecule has 1 amide bonds. The molecule has 0 atom stereocenters. The van der Waals surface area contributed by atoms with Gasteiger partial charge < -0.3 is 4.90 Å². The van der Waals surface area contributed by atoms with Crippen molar-refractivity contribution >= 4 is 17.5 Å². The maximum Gasteiger partial charge on any atom is 0.416 e. The maximum atomic E-state index is 14.4. The van der Waals surface area contributed by atoms with E-state index in [2.05, 4.69) is 5.10 Å². The molecule has 1 aromatic carbocycles. The van der Waals surface area contributed by atoms with Crippen LogP contribution in [-0.4, -0.2) is 26.6 Å². The molecule has 0 radical (unpaired) electrons. The van der Waals surface area contributed by atoms with E-state index in [1.807, 2.05) is 0 Å². The predicted octanol–water partition coefficient (Wildman–Crippen LogP) is 4.97. The van der Waals surface area contributed by atoms with Gasteiger partial charge in [-0.15, -0.1) is 0 Å². The second-order valence-corrected chi connectivity index (χ2v) is 6.86. The summed E-state index contributed by atoms with van der Waals surface area (Å²) in [7, 11) is 1.34. The molecule has 4 nitrogen and oxygen atoms in total. The minimum absolute atomic E-state index is 0.430. The molecule has 0 spiro atoms. The third-order valence-electron chi connectivity index (χ3n) is 4.37. The van der Waals surface area contributed by atoms with Crippen molar-refractivity contribution < 1.29 is 31.1 Å². The van der Waals surface area contributed by atoms with E-state index in [-0.39, 0.29) is 0 Å². The van der Waals surface area contributed by atoms with Crippen LogP contribution in [0.4, 0.5) is 26.3 Å². The van der Waals surface area contributed by atoms with E-state index in [4.69, 9.17) is 11.6 Å². The fraction of sp³-hybridized carbons (Fsp3) is 0.412. The molecule has 1 saturated carbocycles. The lowest BCUT2D eigenvalue weighted by molar-refractivity contribution is -0.138. The van der Waals surface area contributed by atoms with Crippen LogP contribution >= 0.6 is 11.6 Å². The van der Waals surface area contributed by atoms with Crippen molar-refractivity contribution in [2.45, 2.75) is 38.0 Å². The van der Waals surface area contributed by atoms with Gasteiger partial charge in [0.1, 0.15) is 11.5 Å². The molecule has 0 N–H and O–H groups in total. The third-order valence-corrected chi connectivity index (χ3v) is 4.66. The van der Waals surface area contributed by atoms with Gasteiger partial charge in [-0.05, 0) is 25.0 Å². The molecule has 1 fully saturated rings. The number of rotatable bonds is 5. The van der Waals surface area contributed by atoms with Gasteiger partial charge in [0.05, 0.1) is 16.1 Å². The molecule has 0 unspecified atom stereocenters. The summed E-state index contributed by atoms with van der Waals surface area (Å²) in [5.74, 6) is -2.23. The van der Waals surface area contributed by atoms with E-state index in [0.717, 1.165) is 21.8 Å². The lowest BCUT2D eigenvalue weighted by Gasteiger charge is -2.25. The van der Waals surface area contributed by atoms with Crippen molar-refractivity contribution in [2.24, 2.45) is 7.05 Å². The molecular formula is C17H14ClF6N3O. The van der Waals surface area contributed by atoms with Crippen LogP contribution in [0.15, 0.2) is 18.3 Å². The summed E-state index contributed by atoms with van der Waals surface area (Å²) in [6.45, 7) is -0.748. The van der Waals surface area contributed by atoms with Crippen LogP contribution in [0.2, 0.25) is 5.02 Å². The van der Waals surface area contributed by atoms with Gasteiger partial charge in [-0.1, -0.05) is 11.6 Å². The Balaban J connectivity index is 2.02. The Hall–Kier alpha value is -2.23. The van der Waals surface area contributed by atoms with Gasteiger partial charge in [-0.2, -0.15) is 18.3 Å². The SMILES string of the molecule is Cn1cc(C(=O)N(Cc2c(C(F)(F)F)ccc(Cl)c2F)C2CC2)c(C(F)F)n1. The molecule has 0 aliphatic heterocycles. The molecule has 1 aromatic heterocycles. The number of nitrogens with zero attached hydrogens (tertiary/aromatic N) is 3. The largest absolute Gasteiger partial charge is 0.416 e. The van der Waals surface area contributed by atoms with Gasteiger partial charge in [0.15, 0.2) is 0 Å². The van der Waals surface area contributed by atoms with Crippen LogP contribution in [0.25, 0.3) is 0 Å². The summed E-state index contributed by atoms with van der Waals surface area (Å²) >= 11 is 5.62. The molecule has 11 heteroatoms. The molecule has 0 saturated heterocycles. The zero-order valence-electron chi connectivity index (χ0n) is 14.4. The Morgan fingerprint density at radius 3 is 2.54 bits per heavy atom. The molecule has 2 aromatic rings. The van der Waals surface area contributed by atoms with Gasteiger partial charge in [0.2, 0.25) is 0 Å². The van der Waals surface area contributed by atoms with E-state index in [1.54, 1.807) is 0 Å². The van der Waals surface area contributed by atoms with Crippen LogP contribution in [-0.2, 0) is 19.8 Å². The quantitative estimate of drug-likeness (QED) is 0.634. The van der Waals surface area contributed by atoms with Crippen LogP contribution in [0.3, 0.4) is 0 Å². The lowest BCUT2D eigenvalue weighted by atomic mass is 10.0. The number of hydrogen-bond acceptors (Lipinski definition) is 2. The number of amides is 1. The smallest absolute Gasteiger partial charge is 0.331 e. The Morgan fingerprint density at radius 1 is 1.36 bits per heavy atom. The van der Waals surface area contributed by atoms with Crippen molar-refractivity contribution in [3.8, 4) is 0 Å². The number of aromatic nitrogens is 2. The highest BCUT2D eigenvalue weighted by Gasteiger charge is 2.40. The molecule has 1 heterocycles. The van der Waals surface area contributed by atoms with Crippen LogP contribution in [0.5, 0.6) is 0 Å². The molecule has 28 heavy (non-hydrogen) atoms. The first kappa shape index (κ1) is 20.5. The molecule has 152 valence electrons. The van der Waals surface area contributed by atoms with Crippen molar-refractivity contribution in [2.75, 3.05) is 0 Å². The van der Waals surface area contributed by atoms with E-state index in [1.165, 1.54) is 7.05 Å². The van der Waals surface area contributed by atoms with Crippen molar-refractivity contribution in [1.82, 2.24) is 14.7 Å². The molecule has 3 rings (SSSR count). The lowest BCUT2D eigenvalue weighted by Crippen LogP contribution is -2.34. The normalized spacial score (nSPS) is 14.6. The van der Waals surface area contributed by atoms with E-state index >= 15 is 0 Å². The van der Waals surface area contributed by atoms with E-state index < -0.39 is 64.3 Å². The van der Waals surface area contributed by atoms with Gasteiger partial charge in [0, 0.05) is 31.4 Å². The number of benzene rings is 1. The topological polar surface area (TPSA) is 38.1 Å². The zero-order valence-corrected chi connectivity index (χ0v) is 15.2. The highest BCUT2D eigenvalue weighted by Crippen LogP contribution is 2.38. The number of halogens is 7. The van der Waals surface area contributed by atoms with Crippen molar-refractivity contribution in [3.63, 3.8) is 0 Å². The second-order valence-electron chi connectivity index (χ2n) is 6.45.